The van der Waals surface area contributed by atoms with Crippen molar-refractivity contribution in [2.75, 3.05) is 6.61 Å². The first-order chi connectivity index (χ1) is 9.03. The summed E-state index contributed by atoms with van der Waals surface area (Å²) in [5.41, 5.74) is 4.42. The molecule has 0 aromatic heterocycles. The zero-order chi connectivity index (χ0) is 13.7. The summed E-state index contributed by atoms with van der Waals surface area (Å²) in [6.07, 6.45) is 3.24. The van der Waals surface area contributed by atoms with E-state index in [1.54, 1.807) is 0 Å². The van der Waals surface area contributed by atoms with Gasteiger partial charge in [0.2, 0.25) is 0 Å². The average Bonchev–Trinajstić information content (AvgIpc) is 2.38. The third kappa shape index (κ3) is 5.10. The Morgan fingerprint density at radius 1 is 1.16 bits per heavy atom. The lowest BCUT2D eigenvalue weighted by molar-refractivity contribution is -0.105. The van der Waals surface area contributed by atoms with E-state index in [9.17, 15) is 0 Å². The Bertz CT molecular complexity index is 456. The van der Waals surface area contributed by atoms with Crippen molar-refractivity contribution in [2.45, 2.75) is 45.2 Å². The zero-order valence-corrected chi connectivity index (χ0v) is 13.0. The van der Waals surface area contributed by atoms with Gasteiger partial charge in [-0.1, -0.05) is 25.6 Å². The van der Waals surface area contributed by atoms with Gasteiger partial charge in [-0.2, -0.15) is 0 Å². The highest BCUT2D eigenvalue weighted by atomic mass is 28.3. The Labute approximate surface area is 117 Å². The highest BCUT2D eigenvalue weighted by Gasteiger charge is 2.14. The summed E-state index contributed by atoms with van der Waals surface area (Å²) in [6, 6.07) is 8.00. The Kier molecular flexibility index (Phi) is 4.68. The molecule has 1 heterocycles. The molecular weight excluding hydrogens is 252 g/mol. The first-order valence-corrected chi connectivity index (χ1v) is 10.4. The van der Waals surface area contributed by atoms with Gasteiger partial charge in [-0.25, -0.2) is 0 Å². The van der Waals surface area contributed by atoms with Crippen molar-refractivity contribution in [1.82, 2.24) is 0 Å². The molecule has 0 amide bonds. The van der Waals surface area contributed by atoms with Gasteiger partial charge in [0.05, 0.1) is 6.61 Å². The van der Waals surface area contributed by atoms with Crippen molar-refractivity contribution in [3.63, 3.8) is 0 Å². The van der Waals surface area contributed by atoms with Gasteiger partial charge in [-0.3, -0.25) is 0 Å². The van der Waals surface area contributed by atoms with E-state index in [1.165, 1.54) is 6.42 Å². The van der Waals surface area contributed by atoms with Crippen LogP contribution < -0.4 is 4.74 Å². The van der Waals surface area contributed by atoms with Crippen molar-refractivity contribution in [2.24, 2.45) is 0 Å². The lowest BCUT2D eigenvalue weighted by atomic mass is 10.2. The third-order valence-corrected chi connectivity index (χ3v) is 3.72. The second kappa shape index (κ2) is 6.27. The predicted molar refractivity (Wildman–Crippen MR) is 80.9 cm³/mol. The first kappa shape index (κ1) is 14.2. The highest BCUT2D eigenvalue weighted by Crippen LogP contribution is 2.19. The van der Waals surface area contributed by atoms with Crippen LogP contribution in [0.3, 0.4) is 0 Å². The minimum Gasteiger partial charge on any atom is -0.465 e. The van der Waals surface area contributed by atoms with Crippen molar-refractivity contribution in [3.05, 3.63) is 29.8 Å². The smallest absolute Gasteiger partial charge is 0.199 e. The maximum atomic E-state index is 5.79. The van der Waals surface area contributed by atoms with E-state index in [0.29, 0.717) is 0 Å². The van der Waals surface area contributed by atoms with Gasteiger partial charge in [-0.15, -0.1) is 5.54 Å². The number of rotatable bonds is 2. The maximum absolute atomic E-state index is 5.79. The van der Waals surface area contributed by atoms with Gasteiger partial charge in [-0.05, 0) is 37.1 Å². The summed E-state index contributed by atoms with van der Waals surface area (Å²) in [5.74, 6) is 4.11. The van der Waals surface area contributed by atoms with Gasteiger partial charge in [0, 0.05) is 12.0 Å². The average molecular weight is 274 g/mol. The van der Waals surface area contributed by atoms with Crippen LogP contribution in [-0.4, -0.2) is 21.0 Å². The largest absolute Gasteiger partial charge is 0.465 e. The molecule has 2 nitrogen and oxygen atoms in total. The first-order valence-electron chi connectivity index (χ1n) is 6.94. The van der Waals surface area contributed by atoms with Crippen LogP contribution in [0.15, 0.2) is 24.3 Å². The summed E-state index contributed by atoms with van der Waals surface area (Å²) in [7, 11) is -1.30. The molecule has 1 aliphatic rings. The van der Waals surface area contributed by atoms with Crippen LogP contribution in [-0.2, 0) is 4.74 Å². The fourth-order valence-corrected chi connectivity index (χ4v) is 2.35. The Morgan fingerprint density at radius 2 is 1.89 bits per heavy atom. The molecule has 3 heteroatoms. The molecule has 1 aliphatic heterocycles. The van der Waals surface area contributed by atoms with Crippen LogP contribution in [0.2, 0.25) is 19.6 Å². The monoisotopic (exact) mass is 274 g/mol. The number of ether oxygens (including phenoxy) is 2. The van der Waals surface area contributed by atoms with Crippen molar-refractivity contribution in [1.29, 1.82) is 0 Å². The lowest BCUT2D eigenvalue weighted by Crippen LogP contribution is -2.24. The van der Waals surface area contributed by atoms with Crippen LogP contribution in [0.4, 0.5) is 0 Å². The molecule has 1 fully saturated rings. The molecule has 1 atom stereocenters. The molecule has 102 valence electrons. The molecule has 0 aliphatic carbocycles. The molecule has 1 aromatic carbocycles. The van der Waals surface area contributed by atoms with Crippen molar-refractivity contribution in [3.8, 4) is 17.2 Å². The Hall–Kier alpha value is -1.24. The summed E-state index contributed by atoms with van der Waals surface area (Å²) in [6.45, 7) is 7.55. The molecule has 1 unspecified atom stereocenters. The van der Waals surface area contributed by atoms with Crippen LogP contribution in [0.25, 0.3) is 0 Å². The molecule has 0 N–H and O–H groups in total. The van der Waals surface area contributed by atoms with E-state index in [1.807, 2.05) is 24.3 Å². The van der Waals surface area contributed by atoms with Crippen molar-refractivity contribution < 1.29 is 9.47 Å². The molecule has 0 spiro atoms. The van der Waals surface area contributed by atoms with E-state index in [-0.39, 0.29) is 6.29 Å². The molecule has 1 saturated heterocycles. The molecule has 2 rings (SSSR count). The fraction of sp³-hybridized carbons (Fsp3) is 0.500. The molecule has 1 aromatic rings. The highest BCUT2D eigenvalue weighted by molar-refractivity contribution is 6.83. The van der Waals surface area contributed by atoms with Crippen molar-refractivity contribution >= 4 is 8.07 Å². The van der Waals surface area contributed by atoms with Crippen LogP contribution in [0.1, 0.15) is 24.8 Å². The SMILES string of the molecule is C[Si](C)(C)C#Cc1ccc(OC2CCCCO2)cc1. The quantitative estimate of drug-likeness (QED) is 0.603. The standard InChI is InChI=1S/C16H22O2Si/c1-19(2,3)13-11-14-7-9-15(10-8-14)18-16-6-4-5-12-17-16/h7-10,16H,4-6,12H2,1-3H3. The molecule has 19 heavy (non-hydrogen) atoms. The van der Waals surface area contributed by atoms with E-state index in [0.717, 1.165) is 30.8 Å². The summed E-state index contributed by atoms with van der Waals surface area (Å²) in [4.78, 5) is 0. The fourth-order valence-electron chi connectivity index (χ4n) is 1.83. The van der Waals surface area contributed by atoms with E-state index >= 15 is 0 Å². The van der Waals surface area contributed by atoms with Gasteiger partial charge in [0.1, 0.15) is 13.8 Å². The molecular formula is C16H22O2Si. The van der Waals surface area contributed by atoms with Gasteiger partial charge in [0.25, 0.3) is 0 Å². The summed E-state index contributed by atoms with van der Waals surface area (Å²) in [5, 5.41) is 0. The van der Waals surface area contributed by atoms with Crippen LogP contribution >= 0.6 is 0 Å². The van der Waals surface area contributed by atoms with Gasteiger partial charge < -0.3 is 9.47 Å². The molecule has 0 bridgehead atoms. The normalized spacial score (nSPS) is 19.4. The molecule has 0 saturated carbocycles. The predicted octanol–water partition coefficient (Wildman–Crippen LogP) is 3.82. The number of hydrogen-bond acceptors (Lipinski definition) is 2. The zero-order valence-electron chi connectivity index (χ0n) is 12.0. The molecule has 0 radical (unpaired) electrons. The third-order valence-electron chi connectivity index (χ3n) is 2.84. The van der Waals surface area contributed by atoms with Crippen LogP contribution in [0, 0.1) is 11.5 Å². The van der Waals surface area contributed by atoms with Crippen LogP contribution in [0.5, 0.6) is 5.75 Å². The Morgan fingerprint density at radius 3 is 2.47 bits per heavy atom. The van der Waals surface area contributed by atoms with Gasteiger partial charge in [0.15, 0.2) is 6.29 Å². The van der Waals surface area contributed by atoms with E-state index in [4.69, 9.17) is 9.47 Å². The summed E-state index contributed by atoms with van der Waals surface area (Å²) >= 11 is 0. The topological polar surface area (TPSA) is 18.5 Å². The van der Waals surface area contributed by atoms with Gasteiger partial charge >= 0.3 is 0 Å². The second-order valence-corrected chi connectivity index (χ2v) is 10.7. The maximum Gasteiger partial charge on any atom is 0.199 e. The Balaban J connectivity index is 1.95. The van der Waals surface area contributed by atoms with E-state index < -0.39 is 8.07 Å². The number of hydrogen-bond donors (Lipinski definition) is 0. The lowest BCUT2D eigenvalue weighted by Gasteiger charge is -2.23. The minimum atomic E-state index is -1.30. The second-order valence-electron chi connectivity index (χ2n) is 5.94. The van der Waals surface area contributed by atoms with E-state index in [2.05, 4.69) is 31.1 Å². The number of benzene rings is 1. The minimum absolute atomic E-state index is 0.0762. The summed E-state index contributed by atoms with van der Waals surface area (Å²) < 4.78 is 11.4.